The normalized spacial score (nSPS) is 20.4. The smallest absolute Gasteiger partial charge is 0.251 e. The fourth-order valence-corrected chi connectivity index (χ4v) is 6.59. The van der Waals surface area contributed by atoms with Gasteiger partial charge in [-0.2, -0.15) is 0 Å². The molecule has 6 nitrogen and oxygen atoms in total. The number of benzene rings is 3. The van der Waals surface area contributed by atoms with Gasteiger partial charge in [0, 0.05) is 48.7 Å². The molecule has 2 aliphatic rings. The third kappa shape index (κ3) is 8.47. The van der Waals surface area contributed by atoms with Gasteiger partial charge >= 0.3 is 0 Å². The number of hydrogen-bond acceptors (Lipinski definition) is 4. The molecule has 3 aromatic carbocycles. The highest BCUT2D eigenvalue weighted by Gasteiger charge is 2.32. The highest BCUT2D eigenvalue weighted by atomic mass is 35.5. The van der Waals surface area contributed by atoms with Crippen LogP contribution in [0.3, 0.4) is 0 Å². The quantitative estimate of drug-likeness (QED) is 0.269. The average molecular weight is 601 g/mol. The lowest BCUT2D eigenvalue weighted by atomic mass is 9.95. The van der Waals surface area contributed by atoms with Crippen molar-refractivity contribution in [1.82, 2.24) is 20.4 Å². The number of nitrogens with one attached hydrogen (secondary N) is 2. The third-order valence-electron chi connectivity index (χ3n) is 9.02. The first-order chi connectivity index (χ1) is 21.0. The third-order valence-corrected chi connectivity index (χ3v) is 9.27. The number of likely N-dealkylation sites (tertiary alicyclic amines) is 1. The average Bonchev–Trinajstić information content (AvgIpc) is 3.20. The van der Waals surface area contributed by atoms with Crippen LogP contribution in [0.1, 0.15) is 67.3 Å². The van der Waals surface area contributed by atoms with Crippen LogP contribution < -0.4 is 10.6 Å². The predicted octanol–water partition coefficient (Wildman–Crippen LogP) is 6.37. The van der Waals surface area contributed by atoms with Gasteiger partial charge in [-0.05, 0) is 80.1 Å². The van der Waals surface area contributed by atoms with Crippen molar-refractivity contribution < 1.29 is 9.59 Å². The molecule has 43 heavy (non-hydrogen) atoms. The number of nitrogens with zero attached hydrogens (tertiary/aromatic N) is 2. The first-order valence-electron chi connectivity index (χ1n) is 16.0. The molecule has 2 heterocycles. The molecule has 2 aliphatic heterocycles. The van der Waals surface area contributed by atoms with E-state index in [9.17, 15) is 9.59 Å². The van der Waals surface area contributed by atoms with Gasteiger partial charge in [-0.25, -0.2) is 0 Å². The van der Waals surface area contributed by atoms with Crippen LogP contribution in [0, 0.1) is 0 Å². The summed E-state index contributed by atoms with van der Waals surface area (Å²) in [4.78, 5) is 32.0. The summed E-state index contributed by atoms with van der Waals surface area (Å²) in [6.07, 6.45) is 6.31. The largest absolute Gasteiger partial charge is 0.350 e. The van der Waals surface area contributed by atoms with Gasteiger partial charge in [-0.1, -0.05) is 85.6 Å². The molecule has 3 atom stereocenters. The van der Waals surface area contributed by atoms with E-state index in [-0.39, 0.29) is 23.9 Å². The topological polar surface area (TPSA) is 64.7 Å². The highest BCUT2D eigenvalue weighted by Crippen LogP contribution is 2.26. The van der Waals surface area contributed by atoms with Crippen LogP contribution >= 0.6 is 11.6 Å². The Balaban J connectivity index is 1.28. The van der Waals surface area contributed by atoms with E-state index in [1.54, 1.807) is 0 Å². The number of carbonyl (C=O) groups excluding carboxylic acids is 2. The van der Waals surface area contributed by atoms with Crippen LogP contribution in [0.2, 0.25) is 5.02 Å². The lowest BCUT2D eigenvalue weighted by Crippen LogP contribution is -2.50. The molecule has 0 aromatic heterocycles. The van der Waals surface area contributed by atoms with Crippen LogP contribution in [-0.4, -0.2) is 73.0 Å². The summed E-state index contributed by atoms with van der Waals surface area (Å²) in [6, 6.07) is 25.5. The molecule has 1 unspecified atom stereocenters. The molecule has 7 heteroatoms. The molecule has 2 saturated heterocycles. The van der Waals surface area contributed by atoms with Crippen molar-refractivity contribution in [3.05, 3.63) is 95.0 Å². The van der Waals surface area contributed by atoms with Gasteiger partial charge in [0.05, 0.1) is 6.04 Å². The lowest BCUT2D eigenvalue weighted by molar-refractivity contribution is -0.133. The van der Waals surface area contributed by atoms with Crippen LogP contribution in [-0.2, 0) is 4.79 Å². The maximum absolute atomic E-state index is 14.0. The zero-order chi connectivity index (χ0) is 30.0. The van der Waals surface area contributed by atoms with Gasteiger partial charge in [-0.3, -0.25) is 9.59 Å². The summed E-state index contributed by atoms with van der Waals surface area (Å²) in [5.41, 5.74) is 3.73. The Morgan fingerprint density at radius 2 is 1.67 bits per heavy atom. The summed E-state index contributed by atoms with van der Waals surface area (Å²) >= 11 is 6.10. The van der Waals surface area contributed by atoms with Crippen molar-refractivity contribution in [2.24, 2.45) is 0 Å². The Labute approximate surface area is 261 Å². The Morgan fingerprint density at radius 1 is 0.953 bits per heavy atom. The van der Waals surface area contributed by atoms with Crippen LogP contribution in [0.15, 0.2) is 78.9 Å². The minimum atomic E-state index is -0.263. The molecule has 0 aliphatic carbocycles. The number of amides is 2. The number of carbonyl (C=O) groups is 2. The summed E-state index contributed by atoms with van der Waals surface area (Å²) < 4.78 is 0. The molecule has 2 fully saturated rings. The van der Waals surface area contributed by atoms with Crippen LogP contribution in [0.4, 0.5) is 0 Å². The maximum atomic E-state index is 14.0. The van der Waals surface area contributed by atoms with E-state index in [4.69, 9.17) is 11.6 Å². The van der Waals surface area contributed by atoms with Crippen molar-refractivity contribution in [2.45, 2.75) is 63.5 Å². The fourth-order valence-electron chi connectivity index (χ4n) is 6.46. The second-order valence-electron chi connectivity index (χ2n) is 12.0. The second kappa shape index (κ2) is 15.5. The Kier molecular flexibility index (Phi) is 11.3. The minimum Gasteiger partial charge on any atom is -0.350 e. The standard InChI is InChI=1S/C36H45ClN4O2/c1-2-27(28-11-5-3-6-12-28)26-41-24-19-31(39-34(36(41)43)20-23-40-21-9-4-10-22-40)25-38-35(42)33-14-8-7-13-32(33)29-15-17-30(37)18-16-29/h3,5-8,11-18,27,31,34,39H,2,4,9-10,19-26H2,1H3,(H,38,42)/t27?,31-,34-/m0/s1. The van der Waals surface area contributed by atoms with Gasteiger partial charge in [0.1, 0.15) is 0 Å². The number of rotatable bonds is 11. The van der Waals surface area contributed by atoms with Gasteiger partial charge in [0.2, 0.25) is 5.91 Å². The minimum absolute atomic E-state index is 0.00347. The molecule has 0 bridgehead atoms. The van der Waals surface area contributed by atoms with E-state index in [0.29, 0.717) is 29.6 Å². The van der Waals surface area contributed by atoms with E-state index >= 15 is 0 Å². The Hall–Kier alpha value is -3.19. The van der Waals surface area contributed by atoms with Gasteiger partial charge in [-0.15, -0.1) is 0 Å². The zero-order valence-corrected chi connectivity index (χ0v) is 26.1. The summed E-state index contributed by atoms with van der Waals surface area (Å²) in [7, 11) is 0. The maximum Gasteiger partial charge on any atom is 0.251 e. The SMILES string of the molecule is CCC(CN1CC[C@@H](CNC(=O)c2ccccc2-c2ccc(Cl)cc2)N[C@@H](CCN2CCCCC2)C1=O)c1ccccc1. The van der Waals surface area contributed by atoms with E-state index in [1.807, 2.05) is 54.6 Å². The molecule has 2 N–H and O–H groups in total. The zero-order valence-electron chi connectivity index (χ0n) is 25.3. The predicted molar refractivity (Wildman–Crippen MR) is 176 cm³/mol. The summed E-state index contributed by atoms with van der Waals surface area (Å²) in [5.74, 6) is 0.376. The molecule has 0 saturated carbocycles. The summed E-state index contributed by atoms with van der Waals surface area (Å²) in [6.45, 7) is 7.20. The summed E-state index contributed by atoms with van der Waals surface area (Å²) in [5, 5.41) is 7.53. The van der Waals surface area contributed by atoms with Gasteiger partial charge < -0.3 is 20.4 Å². The van der Waals surface area contributed by atoms with Gasteiger partial charge in [0.15, 0.2) is 0 Å². The molecule has 0 radical (unpaired) electrons. The first-order valence-corrected chi connectivity index (χ1v) is 16.3. The molecular weight excluding hydrogens is 556 g/mol. The van der Waals surface area contributed by atoms with E-state index in [1.165, 1.54) is 24.8 Å². The molecule has 5 rings (SSSR count). The molecule has 0 spiro atoms. The first kappa shape index (κ1) is 31.2. The molecule has 228 valence electrons. The van der Waals surface area contributed by atoms with E-state index in [2.05, 4.69) is 51.6 Å². The van der Waals surface area contributed by atoms with Crippen LogP contribution in [0.25, 0.3) is 11.1 Å². The molecular formula is C36H45ClN4O2. The number of hydrogen-bond donors (Lipinski definition) is 2. The van der Waals surface area contributed by atoms with Crippen molar-refractivity contribution >= 4 is 23.4 Å². The lowest BCUT2D eigenvalue weighted by Gasteiger charge is -2.31. The Bertz CT molecular complexity index is 1330. The van der Waals surface area contributed by atoms with Crippen molar-refractivity contribution in [3.8, 4) is 11.1 Å². The molecule has 3 aromatic rings. The van der Waals surface area contributed by atoms with Crippen molar-refractivity contribution in [3.63, 3.8) is 0 Å². The van der Waals surface area contributed by atoms with E-state index in [0.717, 1.165) is 56.6 Å². The van der Waals surface area contributed by atoms with Gasteiger partial charge in [0.25, 0.3) is 5.91 Å². The number of piperidine rings is 1. The second-order valence-corrected chi connectivity index (χ2v) is 12.4. The Morgan fingerprint density at radius 3 is 2.42 bits per heavy atom. The highest BCUT2D eigenvalue weighted by molar-refractivity contribution is 6.30. The van der Waals surface area contributed by atoms with Crippen LogP contribution in [0.5, 0.6) is 0 Å². The van der Waals surface area contributed by atoms with E-state index < -0.39 is 0 Å². The van der Waals surface area contributed by atoms with Crippen molar-refractivity contribution in [2.75, 3.05) is 39.3 Å². The monoisotopic (exact) mass is 600 g/mol. The fraction of sp³-hybridized carbons (Fsp3) is 0.444. The molecule has 2 amide bonds. The van der Waals surface area contributed by atoms with Crippen molar-refractivity contribution in [1.29, 1.82) is 0 Å². The number of halogens is 1.